The molecule has 0 saturated heterocycles. The van der Waals surface area contributed by atoms with Gasteiger partial charge in [-0.1, -0.05) is 0 Å². The van der Waals surface area contributed by atoms with Crippen molar-refractivity contribution in [2.24, 2.45) is 5.73 Å². The number of nitrogens with two attached hydrogens (primary N) is 1. The van der Waals surface area contributed by atoms with E-state index in [1.807, 2.05) is 0 Å². The fraction of sp³-hybridized carbons (Fsp3) is 0.364. The third-order valence-electron chi connectivity index (χ3n) is 2.56. The Balaban J connectivity index is 2.01. The number of carbonyl (C=O) groups is 1. The smallest absolute Gasteiger partial charge is 0.274 e. The lowest BCUT2D eigenvalue weighted by atomic mass is 10.3. The van der Waals surface area contributed by atoms with Crippen molar-refractivity contribution in [1.82, 2.24) is 24.6 Å². The van der Waals surface area contributed by atoms with Crippen LogP contribution in [0, 0.1) is 0 Å². The number of aromatic nitrogens is 4. The molecule has 0 unspecified atom stereocenters. The first-order chi connectivity index (χ1) is 8.70. The lowest BCUT2D eigenvalue weighted by molar-refractivity contribution is 0.0779. The van der Waals surface area contributed by atoms with Crippen molar-refractivity contribution in [2.75, 3.05) is 13.6 Å². The molecular weight excluding hydrogens is 232 g/mol. The van der Waals surface area contributed by atoms with E-state index in [0.717, 1.165) is 5.56 Å². The topological polar surface area (TPSA) is 92.8 Å². The summed E-state index contributed by atoms with van der Waals surface area (Å²) in [7, 11) is 1.73. The van der Waals surface area contributed by atoms with Crippen molar-refractivity contribution in [3.05, 3.63) is 36.2 Å². The van der Waals surface area contributed by atoms with Crippen molar-refractivity contribution < 1.29 is 4.79 Å². The molecule has 7 nitrogen and oxygen atoms in total. The summed E-state index contributed by atoms with van der Waals surface area (Å²) in [5.41, 5.74) is 6.82. The molecule has 0 saturated carbocycles. The second kappa shape index (κ2) is 5.46. The summed E-state index contributed by atoms with van der Waals surface area (Å²) in [6.07, 6.45) is 6.78. The predicted octanol–water partition coefficient (Wildman–Crippen LogP) is -0.163. The van der Waals surface area contributed by atoms with Crippen LogP contribution in [0.3, 0.4) is 0 Å². The average molecular weight is 248 g/mol. The van der Waals surface area contributed by atoms with Gasteiger partial charge < -0.3 is 15.2 Å². The molecule has 7 heteroatoms. The SMILES string of the molecule is CN(Cc1cn[nH]c1)C(=O)c1cn(CCN)cn1. The number of nitrogens with zero attached hydrogens (tertiary/aromatic N) is 4. The highest BCUT2D eigenvalue weighted by atomic mass is 16.2. The molecule has 2 heterocycles. The van der Waals surface area contributed by atoms with Crippen LogP contribution in [0.15, 0.2) is 24.9 Å². The van der Waals surface area contributed by atoms with Crippen molar-refractivity contribution in [2.45, 2.75) is 13.1 Å². The minimum atomic E-state index is -0.119. The molecule has 0 spiro atoms. The van der Waals surface area contributed by atoms with Crippen LogP contribution < -0.4 is 5.73 Å². The van der Waals surface area contributed by atoms with Crippen molar-refractivity contribution in [3.63, 3.8) is 0 Å². The van der Waals surface area contributed by atoms with Gasteiger partial charge in [0.15, 0.2) is 0 Å². The highest BCUT2D eigenvalue weighted by Gasteiger charge is 2.15. The van der Waals surface area contributed by atoms with Crippen LogP contribution in [0.1, 0.15) is 16.1 Å². The number of aromatic amines is 1. The van der Waals surface area contributed by atoms with E-state index in [1.165, 1.54) is 0 Å². The van der Waals surface area contributed by atoms with Crippen LogP contribution in [0.5, 0.6) is 0 Å². The van der Waals surface area contributed by atoms with Crippen LogP contribution in [0.4, 0.5) is 0 Å². The number of amides is 1. The largest absolute Gasteiger partial charge is 0.336 e. The molecule has 1 amide bonds. The van der Waals surface area contributed by atoms with Crippen LogP contribution in [0.2, 0.25) is 0 Å². The summed E-state index contributed by atoms with van der Waals surface area (Å²) >= 11 is 0. The molecule has 2 aromatic rings. The Bertz CT molecular complexity index is 503. The van der Waals surface area contributed by atoms with Crippen LogP contribution >= 0.6 is 0 Å². The number of hydrogen-bond acceptors (Lipinski definition) is 4. The molecule has 0 aromatic carbocycles. The average Bonchev–Trinajstić information content (AvgIpc) is 3.00. The Hall–Kier alpha value is -2.15. The van der Waals surface area contributed by atoms with E-state index in [9.17, 15) is 4.79 Å². The molecule has 0 fully saturated rings. The summed E-state index contributed by atoms with van der Waals surface area (Å²) in [6.45, 7) is 1.68. The van der Waals surface area contributed by atoms with Crippen molar-refractivity contribution in [1.29, 1.82) is 0 Å². The minimum Gasteiger partial charge on any atom is -0.336 e. The summed E-state index contributed by atoms with van der Waals surface area (Å²) in [5.74, 6) is -0.119. The molecule has 3 N–H and O–H groups in total. The Morgan fingerprint density at radius 2 is 2.44 bits per heavy atom. The van der Waals surface area contributed by atoms with Gasteiger partial charge in [0.2, 0.25) is 0 Å². The minimum absolute atomic E-state index is 0.119. The van der Waals surface area contributed by atoms with Gasteiger partial charge in [0.25, 0.3) is 5.91 Å². The second-order valence-electron chi connectivity index (χ2n) is 4.05. The Morgan fingerprint density at radius 3 is 3.11 bits per heavy atom. The first-order valence-corrected chi connectivity index (χ1v) is 5.65. The lowest BCUT2D eigenvalue weighted by Gasteiger charge is -2.14. The maximum absolute atomic E-state index is 12.1. The molecule has 96 valence electrons. The highest BCUT2D eigenvalue weighted by Crippen LogP contribution is 2.05. The van der Waals surface area contributed by atoms with Crippen molar-refractivity contribution in [3.8, 4) is 0 Å². The quantitative estimate of drug-likeness (QED) is 0.768. The molecule has 0 aliphatic heterocycles. The van der Waals surface area contributed by atoms with E-state index < -0.39 is 0 Å². The van der Waals surface area contributed by atoms with Gasteiger partial charge in [0.05, 0.1) is 12.5 Å². The standard InChI is InChI=1S/C11H16N6O/c1-16(6-9-4-14-15-5-9)11(18)10-7-17(3-2-12)8-13-10/h4-5,7-8H,2-3,6,12H2,1H3,(H,14,15). The van der Waals surface area contributed by atoms with Crippen LogP contribution in [0.25, 0.3) is 0 Å². The summed E-state index contributed by atoms with van der Waals surface area (Å²) < 4.78 is 1.80. The van der Waals surface area contributed by atoms with Gasteiger partial charge in [0.1, 0.15) is 5.69 Å². The van der Waals surface area contributed by atoms with E-state index in [1.54, 1.807) is 41.4 Å². The predicted molar refractivity (Wildman–Crippen MR) is 65.7 cm³/mol. The normalized spacial score (nSPS) is 10.6. The maximum atomic E-state index is 12.1. The number of rotatable bonds is 5. The molecule has 0 atom stereocenters. The molecule has 0 bridgehead atoms. The van der Waals surface area contributed by atoms with E-state index in [2.05, 4.69) is 15.2 Å². The zero-order valence-electron chi connectivity index (χ0n) is 10.2. The van der Waals surface area contributed by atoms with E-state index in [-0.39, 0.29) is 5.91 Å². The first-order valence-electron chi connectivity index (χ1n) is 5.65. The van der Waals surface area contributed by atoms with Gasteiger partial charge in [-0.2, -0.15) is 5.10 Å². The first kappa shape index (κ1) is 12.3. The van der Waals surface area contributed by atoms with E-state index in [4.69, 9.17) is 5.73 Å². The number of carbonyl (C=O) groups excluding carboxylic acids is 1. The van der Waals surface area contributed by atoms with Crippen molar-refractivity contribution >= 4 is 5.91 Å². The zero-order valence-corrected chi connectivity index (χ0v) is 10.2. The van der Waals surface area contributed by atoms with Gasteiger partial charge >= 0.3 is 0 Å². The molecule has 18 heavy (non-hydrogen) atoms. The lowest BCUT2D eigenvalue weighted by Crippen LogP contribution is -2.26. The second-order valence-corrected chi connectivity index (χ2v) is 4.05. The third-order valence-corrected chi connectivity index (χ3v) is 2.56. The van der Waals surface area contributed by atoms with Crippen LogP contribution in [-0.2, 0) is 13.1 Å². The number of imidazole rings is 1. The fourth-order valence-corrected chi connectivity index (χ4v) is 1.65. The monoisotopic (exact) mass is 248 g/mol. The third kappa shape index (κ3) is 2.75. The summed E-state index contributed by atoms with van der Waals surface area (Å²) in [6, 6.07) is 0. The van der Waals surface area contributed by atoms with Crippen LogP contribution in [-0.4, -0.2) is 44.1 Å². The molecule has 2 aromatic heterocycles. The van der Waals surface area contributed by atoms with E-state index >= 15 is 0 Å². The Kier molecular flexibility index (Phi) is 3.73. The number of hydrogen-bond donors (Lipinski definition) is 2. The molecule has 0 aliphatic carbocycles. The number of nitrogens with one attached hydrogen (secondary N) is 1. The van der Waals surface area contributed by atoms with Gasteiger partial charge in [-0.25, -0.2) is 4.98 Å². The van der Waals surface area contributed by atoms with Gasteiger partial charge in [-0.05, 0) is 0 Å². The summed E-state index contributed by atoms with van der Waals surface area (Å²) in [4.78, 5) is 17.8. The highest BCUT2D eigenvalue weighted by molar-refractivity contribution is 5.91. The van der Waals surface area contributed by atoms with Gasteiger partial charge in [0, 0.05) is 44.6 Å². The van der Waals surface area contributed by atoms with E-state index in [0.29, 0.717) is 25.3 Å². The van der Waals surface area contributed by atoms with Gasteiger partial charge in [-0.3, -0.25) is 9.89 Å². The fourth-order valence-electron chi connectivity index (χ4n) is 1.65. The molecular formula is C11H16N6O. The maximum Gasteiger partial charge on any atom is 0.274 e. The Labute approximate surface area is 105 Å². The molecule has 0 radical (unpaired) electrons. The zero-order chi connectivity index (χ0) is 13.0. The van der Waals surface area contributed by atoms with Gasteiger partial charge in [-0.15, -0.1) is 0 Å². The number of H-pyrrole nitrogens is 1. The summed E-state index contributed by atoms with van der Waals surface area (Å²) in [5, 5.41) is 6.55. The molecule has 2 rings (SSSR count). The molecule has 0 aliphatic rings. The Morgan fingerprint density at radius 1 is 1.61 bits per heavy atom.